The summed E-state index contributed by atoms with van der Waals surface area (Å²) in [7, 11) is -3.56. The molecule has 1 spiro atoms. The summed E-state index contributed by atoms with van der Waals surface area (Å²) in [5.74, 6) is -3.21. The van der Waals surface area contributed by atoms with Crippen LogP contribution in [0.2, 0.25) is 0 Å². The molecule has 0 bridgehead atoms. The van der Waals surface area contributed by atoms with E-state index in [2.05, 4.69) is 24.9 Å². The third kappa shape index (κ3) is 5.51. The van der Waals surface area contributed by atoms with Crippen LogP contribution in [-0.4, -0.2) is 82.3 Å². The molecule has 4 heterocycles. The normalized spacial score (nSPS) is 21.1. The van der Waals surface area contributed by atoms with Crippen molar-refractivity contribution < 1.29 is 26.7 Å². The molecule has 2 aromatic heterocycles. The monoisotopic (exact) mass is 595 g/mol. The highest BCUT2D eigenvalue weighted by atomic mass is 32.2. The SMILES string of the molecule is O=S(CCO)Nc1cc(N2CCC3(CC2)CC3)c(-c2cn(-c3ccc(F)c(S(=O)N4CC(F)(F)C4)c3)nn2)cn1. The Morgan fingerprint density at radius 1 is 1.07 bits per heavy atom. The van der Waals surface area contributed by atoms with E-state index in [1.807, 2.05) is 6.07 Å². The number of piperidine rings is 1. The molecule has 214 valence electrons. The van der Waals surface area contributed by atoms with Gasteiger partial charge in [-0.15, -0.1) is 5.10 Å². The number of pyridine rings is 1. The lowest BCUT2D eigenvalue weighted by Crippen LogP contribution is -2.56. The molecule has 3 aliphatic rings. The van der Waals surface area contributed by atoms with Crippen LogP contribution in [0.15, 0.2) is 41.6 Å². The average Bonchev–Trinajstić information content (AvgIpc) is 3.48. The molecule has 15 heteroatoms. The molecule has 2 unspecified atom stereocenters. The fourth-order valence-electron chi connectivity index (χ4n) is 5.12. The molecule has 2 saturated heterocycles. The van der Waals surface area contributed by atoms with Gasteiger partial charge in [-0.25, -0.2) is 35.6 Å². The number of alkyl halides is 2. The van der Waals surface area contributed by atoms with Crippen LogP contribution in [0.25, 0.3) is 16.9 Å². The van der Waals surface area contributed by atoms with Crippen LogP contribution < -0.4 is 9.62 Å². The largest absolute Gasteiger partial charge is 0.395 e. The minimum Gasteiger partial charge on any atom is -0.395 e. The van der Waals surface area contributed by atoms with E-state index in [0.29, 0.717) is 28.2 Å². The van der Waals surface area contributed by atoms with Crippen molar-refractivity contribution >= 4 is 33.5 Å². The molecule has 6 rings (SSSR count). The molecular weight excluding hydrogens is 567 g/mol. The van der Waals surface area contributed by atoms with Gasteiger partial charge in [0.1, 0.15) is 39.3 Å². The minimum absolute atomic E-state index is 0.0734. The zero-order valence-electron chi connectivity index (χ0n) is 21.4. The smallest absolute Gasteiger partial charge is 0.275 e. The van der Waals surface area contributed by atoms with Crippen molar-refractivity contribution in [1.29, 1.82) is 0 Å². The predicted molar refractivity (Wildman–Crippen MR) is 144 cm³/mol. The molecule has 3 aromatic rings. The lowest BCUT2D eigenvalue weighted by molar-refractivity contribution is -0.0926. The van der Waals surface area contributed by atoms with Crippen LogP contribution in [0.3, 0.4) is 0 Å². The Bertz CT molecular complexity index is 1470. The zero-order chi connectivity index (χ0) is 28.1. The zero-order valence-corrected chi connectivity index (χ0v) is 23.1. The van der Waals surface area contributed by atoms with Crippen LogP contribution in [0.1, 0.15) is 25.7 Å². The van der Waals surface area contributed by atoms with Crippen molar-refractivity contribution in [1.82, 2.24) is 24.3 Å². The third-order valence-corrected chi connectivity index (χ3v) is 10.1. The van der Waals surface area contributed by atoms with Crippen LogP contribution >= 0.6 is 0 Å². The lowest BCUT2D eigenvalue weighted by atomic mass is 9.93. The maximum Gasteiger partial charge on any atom is 0.275 e. The third-order valence-electron chi connectivity index (χ3n) is 7.69. The summed E-state index contributed by atoms with van der Waals surface area (Å²) in [5.41, 5.74) is 2.87. The van der Waals surface area contributed by atoms with E-state index >= 15 is 0 Å². The number of hydrogen-bond acceptors (Lipinski definition) is 7. The molecule has 1 aliphatic carbocycles. The van der Waals surface area contributed by atoms with Crippen molar-refractivity contribution in [3.63, 3.8) is 0 Å². The maximum absolute atomic E-state index is 14.5. The Balaban J connectivity index is 1.29. The fourth-order valence-corrected chi connectivity index (χ4v) is 7.08. The van der Waals surface area contributed by atoms with Gasteiger partial charge in [0.25, 0.3) is 5.92 Å². The number of benzene rings is 1. The van der Waals surface area contributed by atoms with Crippen LogP contribution in [0.4, 0.5) is 24.7 Å². The van der Waals surface area contributed by atoms with Gasteiger partial charge in [0.2, 0.25) is 0 Å². The number of hydrogen-bond donors (Lipinski definition) is 2. The summed E-state index contributed by atoms with van der Waals surface area (Å²) in [4.78, 5) is 6.45. The van der Waals surface area contributed by atoms with Crippen molar-refractivity contribution in [2.45, 2.75) is 36.5 Å². The summed E-state index contributed by atoms with van der Waals surface area (Å²) in [5, 5.41) is 17.6. The van der Waals surface area contributed by atoms with Crippen LogP contribution in [0, 0.1) is 11.2 Å². The van der Waals surface area contributed by atoms with E-state index in [1.54, 1.807) is 12.4 Å². The fraction of sp³-hybridized carbons (Fsp3) is 0.480. The molecular formula is C25H28F3N7O3S2. The molecule has 1 aromatic carbocycles. The first-order chi connectivity index (χ1) is 19.2. The highest BCUT2D eigenvalue weighted by Gasteiger charge is 2.47. The van der Waals surface area contributed by atoms with Crippen molar-refractivity contribution in [3.8, 4) is 16.9 Å². The van der Waals surface area contributed by atoms with Gasteiger partial charge < -0.3 is 10.0 Å². The number of nitrogens with one attached hydrogen (secondary N) is 1. The number of rotatable bonds is 9. The summed E-state index contributed by atoms with van der Waals surface area (Å²) in [6.45, 7) is 0.107. The van der Waals surface area contributed by atoms with Gasteiger partial charge >= 0.3 is 0 Å². The van der Waals surface area contributed by atoms with Gasteiger partial charge in [0, 0.05) is 30.9 Å². The number of aliphatic hydroxyl groups is 1. The summed E-state index contributed by atoms with van der Waals surface area (Å²) >= 11 is 0. The standard InChI is InChI=1S/C25H28F3N7O3S2/c26-19-2-1-17(11-22(19)40(38)34-15-25(27,28)16-34)35-14-20(30-32-35)18-13-29-23(31-39(37)10-9-36)12-21(18)33-7-5-24(3-4-24)6-8-33/h1-2,11-14,36H,3-10,15-16H2,(H,29,31). The predicted octanol–water partition coefficient (Wildman–Crippen LogP) is 2.89. The minimum atomic E-state index is -2.93. The number of nitrogens with zero attached hydrogens (tertiary/aromatic N) is 6. The molecule has 2 atom stereocenters. The Kier molecular flexibility index (Phi) is 7.17. The molecule has 40 heavy (non-hydrogen) atoms. The summed E-state index contributed by atoms with van der Waals surface area (Å²) in [6.07, 6.45) is 7.95. The molecule has 2 aliphatic heterocycles. The molecule has 10 nitrogen and oxygen atoms in total. The highest BCUT2D eigenvalue weighted by Crippen LogP contribution is 2.54. The summed E-state index contributed by atoms with van der Waals surface area (Å²) in [6, 6.07) is 5.71. The van der Waals surface area contributed by atoms with E-state index in [0.717, 1.165) is 42.0 Å². The second kappa shape index (κ2) is 10.5. The average molecular weight is 596 g/mol. The second-order valence-electron chi connectivity index (χ2n) is 10.5. The van der Waals surface area contributed by atoms with Crippen LogP contribution in [0.5, 0.6) is 0 Å². The van der Waals surface area contributed by atoms with Crippen molar-refractivity contribution in [3.05, 3.63) is 42.5 Å². The quantitative estimate of drug-likeness (QED) is 0.391. The molecule has 0 radical (unpaired) electrons. The van der Waals surface area contributed by atoms with E-state index in [-0.39, 0.29) is 17.3 Å². The van der Waals surface area contributed by atoms with Gasteiger partial charge in [-0.3, -0.25) is 4.72 Å². The first-order valence-electron chi connectivity index (χ1n) is 12.9. The second-order valence-corrected chi connectivity index (χ2v) is 13.3. The molecule has 3 fully saturated rings. The Morgan fingerprint density at radius 3 is 2.50 bits per heavy atom. The number of aromatic nitrogens is 4. The number of anilines is 2. The van der Waals surface area contributed by atoms with E-state index < -0.39 is 46.8 Å². The number of halogens is 3. The maximum atomic E-state index is 14.5. The topological polar surface area (TPSA) is 116 Å². The first kappa shape index (κ1) is 27.3. The van der Waals surface area contributed by atoms with E-state index in [9.17, 15) is 21.6 Å². The Hall–Kier alpha value is -2.88. The van der Waals surface area contributed by atoms with Crippen molar-refractivity contribution in [2.75, 3.05) is 48.2 Å². The van der Waals surface area contributed by atoms with Gasteiger partial charge in [0.05, 0.1) is 47.9 Å². The lowest BCUT2D eigenvalue weighted by Gasteiger charge is -2.37. The number of aliphatic hydroxyl groups excluding tert-OH is 1. The van der Waals surface area contributed by atoms with Crippen molar-refractivity contribution in [2.24, 2.45) is 5.41 Å². The summed E-state index contributed by atoms with van der Waals surface area (Å²) < 4.78 is 71.2. The highest BCUT2D eigenvalue weighted by molar-refractivity contribution is 7.86. The molecule has 2 N–H and O–H groups in total. The van der Waals surface area contributed by atoms with Gasteiger partial charge in [-0.1, -0.05) is 5.21 Å². The van der Waals surface area contributed by atoms with Gasteiger partial charge in [0.15, 0.2) is 0 Å². The van der Waals surface area contributed by atoms with Crippen LogP contribution in [-0.2, 0) is 22.0 Å². The van der Waals surface area contributed by atoms with Gasteiger partial charge in [-0.05, 0) is 49.3 Å². The molecule has 1 saturated carbocycles. The van der Waals surface area contributed by atoms with E-state index in [1.165, 1.54) is 29.7 Å². The molecule has 0 amide bonds. The van der Waals surface area contributed by atoms with E-state index in [4.69, 9.17) is 5.11 Å². The van der Waals surface area contributed by atoms with Gasteiger partial charge in [-0.2, -0.15) is 0 Å². The first-order valence-corrected chi connectivity index (χ1v) is 15.4. The Labute approximate surface area is 233 Å². The Morgan fingerprint density at radius 2 is 1.82 bits per heavy atom.